The van der Waals surface area contributed by atoms with Crippen LogP contribution in [0.25, 0.3) is 0 Å². The van der Waals surface area contributed by atoms with Crippen LogP contribution in [-0.4, -0.2) is 50.7 Å². The minimum atomic E-state index is -0.313. The molecule has 0 aromatic rings. The first-order valence-corrected chi connectivity index (χ1v) is 7.60. The van der Waals surface area contributed by atoms with E-state index in [4.69, 9.17) is 4.74 Å². The highest BCUT2D eigenvalue weighted by atomic mass is 16.5. The highest BCUT2D eigenvalue weighted by Gasteiger charge is 2.47. The summed E-state index contributed by atoms with van der Waals surface area (Å²) in [6.45, 7) is 8.59. The van der Waals surface area contributed by atoms with E-state index in [1.807, 2.05) is 0 Å². The lowest BCUT2D eigenvalue weighted by Gasteiger charge is -2.33. The van der Waals surface area contributed by atoms with Crippen molar-refractivity contribution >= 4 is 5.91 Å². The van der Waals surface area contributed by atoms with Crippen LogP contribution in [-0.2, 0) is 9.53 Å². The third-order valence-electron chi connectivity index (χ3n) is 5.34. The number of hydrogen-bond acceptors (Lipinski definition) is 3. The first kappa shape index (κ1) is 14.8. The molecule has 1 amide bonds. The molecule has 0 aromatic heterocycles. The van der Waals surface area contributed by atoms with E-state index in [0.29, 0.717) is 17.9 Å². The quantitative estimate of drug-likeness (QED) is 0.824. The van der Waals surface area contributed by atoms with Crippen molar-refractivity contribution in [3.63, 3.8) is 0 Å². The summed E-state index contributed by atoms with van der Waals surface area (Å²) >= 11 is 0. The number of carbonyl (C=O) groups is 1. The highest BCUT2D eigenvalue weighted by Crippen LogP contribution is 2.39. The Labute approximate surface area is 116 Å². The van der Waals surface area contributed by atoms with Gasteiger partial charge < -0.3 is 15.0 Å². The van der Waals surface area contributed by atoms with Crippen molar-refractivity contribution in [3.8, 4) is 0 Å². The first-order valence-electron chi connectivity index (χ1n) is 7.60. The Morgan fingerprint density at radius 3 is 2.53 bits per heavy atom. The third kappa shape index (κ3) is 2.65. The number of carbonyl (C=O) groups excluding carboxylic acids is 1. The number of rotatable bonds is 5. The fraction of sp³-hybridized carbons (Fsp3) is 0.933. The fourth-order valence-corrected chi connectivity index (χ4v) is 3.66. The minimum absolute atomic E-state index is 0.308. The molecular weight excluding hydrogens is 240 g/mol. The van der Waals surface area contributed by atoms with Gasteiger partial charge in [0.25, 0.3) is 0 Å². The number of amides is 1. The van der Waals surface area contributed by atoms with Crippen LogP contribution < -0.4 is 5.32 Å². The Balaban J connectivity index is 2.07. The van der Waals surface area contributed by atoms with Crippen molar-refractivity contribution in [1.82, 2.24) is 10.2 Å². The molecule has 4 nitrogen and oxygen atoms in total. The molecular formula is C15H28N2O2. The lowest BCUT2D eigenvalue weighted by atomic mass is 9.81. The SMILES string of the molecule is CCC1(CC)CCN(C(=O)C2(COC)CCNC2)C1. The second-order valence-corrected chi connectivity index (χ2v) is 6.32. The van der Waals surface area contributed by atoms with Crippen molar-refractivity contribution in [2.75, 3.05) is 39.9 Å². The molecule has 2 aliphatic heterocycles. The molecule has 0 bridgehead atoms. The van der Waals surface area contributed by atoms with Crippen LogP contribution in [0.5, 0.6) is 0 Å². The van der Waals surface area contributed by atoms with Gasteiger partial charge in [0, 0.05) is 26.7 Å². The first-order chi connectivity index (χ1) is 9.11. The summed E-state index contributed by atoms with van der Waals surface area (Å²) < 4.78 is 5.33. The average Bonchev–Trinajstić information content (AvgIpc) is 3.06. The van der Waals surface area contributed by atoms with E-state index < -0.39 is 0 Å². The third-order valence-corrected chi connectivity index (χ3v) is 5.34. The van der Waals surface area contributed by atoms with Crippen molar-refractivity contribution in [2.24, 2.45) is 10.8 Å². The van der Waals surface area contributed by atoms with Crippen LogP contribution in [0.15, 0.2) is 0 Å². The summed E-state index contributed by atoms with van der Waals surface area (Å²) in [6, 6.07) is 0. The number of methoxy groups -OCH3 is 1. The lowest BCUT2D eigenvalue weighted by Crippen LogP contribution is -2.47. The van der Waals surface area contributed by atoms with E-state index in [-0.39, 0.29) is 5.41 Å². The van der Waals surface area contributed by atoms with Gasteiger partial charge in [0.2, 0.25) is 5.91 Å². The maximum Gasteiger partial charge on any atom is 0.232 e. The van der Waals surface area contributed by atoms with Crippen LogP contribution in [0, 0.1) is 10.8 Å². The summed E-state index contributed by atoms with van der Waals surface area (Å²) in [7, 11) is 1.69. The van der Waals surface area contributed by atoms with Crippen LogP contribution in [0.4, 0.5) is 0 Å². The van der Waals surface area contributed by atoms with Crippen LogP contribution >= 0.6 is 0 Å². The molecule has 0 spiro atoms. The summed E-state index contributed by atoms with van der Waals surface area (Å²) in [5.41, 5.74) is 0.0439. The zero-order valence-electron chi connectivity index (χ0n) is 12.6. The van der Waals surface area contributed by atoms with E-state index in [1.54, 1.807) is 7.11 Å². The van der Waals surface area contributed by atoms with Gasteiger partial charge in [0.1, 0.15) is 0 Å². The standard InChI is InChI=1S/C15H28N2O2/c1-4-14(5-2)7-9-17(11-14)13(18)15(12-19-3)6-8-16-10-15/h16H,4-12H2,1-3H3. The molecule has 2 aliphatic rings. The van der Waals surface area contributed by atoms with Gasteiger partial charge in [0.05, 0.1) is 12.0 Å². The molecule has 1 N–H and O–H groups in total. The predicted octanol–water partition coefficient (Wildman–Crippen LogP) is 1.65. The maximum atomic E-state index is 12.9. The normalized spacial score (nSPS) is 29.9. The molecule has 0 aliphatic carbocycles. The van der Waals surface area contributed by atoms with Crippen LogP contribution in [0.1, 0.15) is 39.5 Å². The van der Waals surface area contributed by atoms with E-state index in [0.717, 1.165) is 39.0 Å². The predicted molar refractivity (Wildman–Crippen MR) is 76.0 cm³/mol. The summed E-state index contributed by atoms with van der Waals surface area (Å²) in [5.74, 6) is 0.308. The molecule has 0 aromatic carbocycles. The van der Waals surface area contributed by atoms with Gasteiger partial charge in [-0.15, -0.1) is 0 Å². The van der Waals surface area contributed by atoms with Crippen LogP contribution in [0.2, 0.25) is 0 Å². The Kier molecular flexibility index (Phi) is 4.51. The van der Waals surface area contributed by atoms with Gasteiger partial charge in [0.15, 0.2) is 0 Å². The monoisotopic (exact) mass is 268 g/mol. The number of nitrogens with zero attached hydrogens (tertiary/aromatic N) is 1. The second kappa shape index (κ2) is 5.80. The number of ether oxygens (including phenoxy) is 1. The van der Waals surface area contributed by atoms with Crippen LogP contribution in [0.3, 0.4) is 0 Å². The van der Waals surface area contributed by atoms with Gasteiger partial charge >= 0.3 is 0 Å². The Hall–Kier alpha value is -0.610. The number of nitrogens with one attached hydrogen (secondary N) is 1. The fourth-order valence-electron chi connectivity index (χ4n) is 3.66. The number of likely N-dealkylation sites (tertiary alicyclic amines) is 1. The Morgan fingerprint density at radius 2 is 2.05 bits per heavy atom. The molecule has 110 valence electrons. The van der Waals surface area contributed by atoms with Crippen molar-refractivity contribution in [2.45, 2.75) is 39.5 Å². The van der Waals surface area contributed by atoms with E-state index >= 15 is 0 Å². The van der Waals surface area contributed by atoms with Crippen molar-refractivity contribution in [1.29, 1.82) is 0 Å². The summed E-state index contributed by atoms with van der Waals surface area (Å²) in [5, 5.41) is 3.32. The molecule has 2 heterocycles. The zero-order chi connectivity index (χ0) is 13.9. The molecule has 2 rings (SSSR count). The molecule has 2 saturated heterocycles. The molecule has 2 fully saturated rings. The Bertz CT molecular complexity index is 320. The zero-order valence-corrected chi connectivity index (χ0v) is 12.6. The van der Waals surface area contributed by atoms with Gasteiger partial charge in [-0.3, -0.25) is 4.79 Å². The highest BCUT2D eigenvalue weighted by molar-refractivity contribution is 5.84. The molecule has 1 unspecified atom stereocenters. The average molecular weight is 268 g/mol. The smallest absolute Gasteiger partial charge is 0.232 e. The molecule has 1 atom stereocenters. The second-order valence-electron chi connectivity index (χ2n) is 6.32. The molecule has 19 heavy (non-hydrogen) atoms. The Morgan fingerprint density at radius 1 is 1.32 bits per heavy atom. The van der Waals surface area contributed by atoms with Gasteiger partial charge in [-0.2, -0.15) is 0 Å². The van der Waals surface area contributed by atoms with Crippen molar-refractivity contribution < 1.29 is 9.53 Å². The largest absolute Gasteiger partial charge is 0.384 e. The van der Waals surface area contributed by atoms with E-state index in [1.165, 1.54) is 12.8 Å². The minimum Gasteiger partial charge on any atom is -0.384 e. The van der Waals surface area contributed by atoms with Gasteiger partial charge in [-0.05, 0) is 37.6 Å². The summed E-state index contributed by atoms with van der Waals surface area (Å²) in [4.78, 5) is 15.0. The van der Waals surface area contributed by atoms with Gasteiger partial charge in [-0.25, -0.2) is 0 Å². The topological polar surface area (TPSA) is 41.6 Å². The summed E-state index contributed by atoms with van der Waals surface area (Å²) in [6.07, 6.45) is 4.40. The van der Waals surface area contributed by atoms with Crippen molar-refractivity contribution in [3.05, 3.63) is 0 Å². The number of hydrogen-bond donors (Lipinski definition) is 1. The van der Waals surface area contributed by atoms with Gasteiger partial charge in [-0.1, -0.05) is 13.8 Å². The molecule has 4 heteroatoms. The van der Waals surface area contributed by atoms with E-state index in [2.05, 4.69) is 24.1 Å². The molecule has 0 saturated carbocycles. The molecule has 0 radical (unpaired) electrons. The van der Waals surface area contributed by atoms with E-state index in [9.17, 15) is 4.79 Å². The lowest BCUT2D eigenvalue weighted by molar-refractivity contribution is -0.143. The maximum absolute atomic E-state index is 12.9.